The van der Waals surface area contributed by atoms with Crippen LogP contribution in [0.2, 0.25) is 5.02 Å². The quantitative estimate of drug-likeness (QED) is 0.931. The van der Waals surface area contributed by atoms with E-state index in [1.54, 1.807) is 12.1 Å². The van der Waals surface area contributed by atoms with Crippen LogP contribution in [0.25, 0.3) is 0 Å². The molecule has 1 aromatic carbocycles. The molecule has 3 nitrogen and oxygen atoms in total. The second kappa shape index (κ2) is 5.59. The van der Waals surface area contributed by atoms with Crippen molar-refractivity contribution in [2.75, 3.05) is 7.11 Å². The van der Waals surface area contributed by atoms with Crippen molar-refractivity contribution in [3.05, 3.63) is 44.9 Å². The maximum Gasteiger partial charge on any atom is 0.443 e. The van der Waals surface area contributed by atoms with E-state index < -0.39 is 17.3 Å². The van der Waals surface area contributed by atoms with Crippen LogP contribution in [0.15, 0.2) is 24.4 Å². The van der Waals surface area contributed by atoms with E-state index in [-0.39, 0.29) is 15.5 Å². The van der Waals surface area contributed by atoms with Crippen LogP contribution in [0, 0.1) is 0 Å². The molecule has 1 aromatic heterocycles. The van der Waals surface area contributed by atoms with E-state index in [4.69, 9.17) is 16.3 Å². The topological polar surface area (TPSA) is 42.4 Å². The molecule has 0 spiro atoms. The predicted octanol–water partition coefficient (Wildman–Crippen LogP) is 3.91. The summed E-state index contributed by atoms with van der Waals surface area (Å²) < 4.78 is 42.6. The summed E-state index contributed by atoms with van der Waals surface area (Å²) in [6, 6.07) is 4.70. The molecule has 8 heteroatoms. The van der Waals surface area contributed by atoms with Gasteiger partial charge in [0.05, 0.1) is 17.0 Å². The van der Waals surface area contributed by atoms with Crippen molar-refractivity contribution >= 4 is 22.9 Å². The summed E-state index contributed by atoms with van der Waals surface area (Å²) in [5.41, 5.74) is 0.217. The lowest BCUT2D eigenvalue weighted by molar-refractivity contribution is -0.137. The highest BCUT2D eigenvalue weighted by Gasteiger charge is 2.35. The molecule has 2 rings (SSSR count). The lowest BCUT2D eigenvalue weighted by atomic mass is 10.1. The molecule has 0 bridgehead atoms. The van der Waals surface area contributed by atoms with Crippen molar-refractivity contribution in [2.24, 2.45) is 0 Å². The molecule has 0 fully saturated rings. The summed E-state index contributed by atoms with van der Waals surface area (Å²) in [7, 11) is 1.38. The van der Waals surface area contributed by atoms with Crippen molar-refractivity contribution in [1.82, 2.24) is 4.98 Å². The van der Waals surface area contributed by atoms with E-state index in [0.29, 0.717) is 17.1 Å². The van der Waals surface area contributed by atoms with E-state index in [1.807, 2.05) is 0 Å². The van der Waals surface area contributed by atoms with Gasteiger partial charge < -0.3 is 9.84 Å². The van der Waals surface area contributed by atoms with E-state index >= 15 is 0 Å². The molecule has 0 aliphatic heterocycles. The maximum atomic E-state index is 12.5. The first-order chi connectivity index (χ1) is 9.34. The second-order valence-electron chi connectivity index (χ2n) is 3.82. The molecule has 1 unspecified atom stereocenters. The number of nitrogens with zero attached hydrogens (tertiary/aromatic N) is 1. The molecular formula is C12H9ClF3NO2S. The fraction of sp³-hybridized carbons (Fsp3) is 0.250. The zero-order valence-corrected chi connectivity index (χ0v) is 11.7. The first-order valence-electron chi connectivity index (χ1n) is 5.38. The lowest BCUT2D eigenvalue weighted by Gasteiger charge is -2.14. The van der Waals surface area contributed by atoms with Crippen LogP contribution in [0.3, 0.4) is 0 Å². The monoisotopic (exact) mass is 323 g/mol. The number of alkyl halides is 3. The average molecular weight is 324 g/mol. The number of ether oxygens (including phenoxy) is 1. The summed E-state index contributed by atoms with van der Waals surface area (Å²) in [4.78, 5) is 3.31. The third-order valence-electron chi connectivity index (χ3n) is 2.54. The summed E-state index contributed by atoms with van der Waals surface area (Å²) in [6.45, 7) is 0. The Morgan fingerprint density at radius 2 is 2.10 bits per heavy atom. The summed E-state index contributed by atoms with van der Waals surface area (Å²) in [5.74, 6) is 0.298. The summed E-state index contributed by atoms with van der Waals surface area (Å²) >= 11 is 6.34. The van der Waals surface area contributed by atoms with Crippen LogP contribution in [-0.4, -0.2) is 17.2 Å². The third-order valence-corrected chi connectivity index (χ3v) is 3.97. The molecular weight excluding hydrogens is 315 g/mol. The molecule has 0 radical (unpaired) electrons. The number of thiazole rings is 1. The number of methoxy groups -OCH3 is 1. The first kappa shape index (κ1) is 15.1. The number of aliphatic hydroxyl groups is 1. The Morgan fingerprint density at radius 1 is 1.40 bits per heavy atom. The molecule has 108 valence electrons. The number of rotatable bonds is 3. The number of benzene rings is 1. The third kappa shape index (κ3) is 2.89. The number of hydrogen-bond donors (Lipinski definition) is 1. The zero-order chi connectivity index (χ0) is 14.9. The van der Waals surface area contributed by atoms with E-state index in [2.05, 4.69) is 4.98 Å². The van der Waals surface area contributed by atoms with Gasteiger partial charge >= 0.3 is 6.18 Å². The lowest BCUT2D eigenvalue weighted by Crippen LogP contribution is -2.03. The Hall–Kier alpha value is -1.31. The van der Waals surface area contributed by atoms with Gasteiger partial charge in [-0.1, -0.05) is 17.7 Å². The summed E-state index contributed by atoms with van der Waals surface area (Å²) in [6.07, 6.45) is -4.87. The van der Waals surface area contributed by atoms with Gasteiger partial charge in [-0.25, -0.2) is 4.98 Å². The minimum absolute atomic E-state index is 0.0451. The molecule has 0 saturated carbocycles. The zero-order valence-electron chi connectivity index (χ0n) is 10.1. The molecule has 0 amide bonds. The molecule has 1 atom stereocenters. The van der Waals surface area contributed by atoms with Gasteiger partial charge in [0.1, 0.15) is 11.9 Å². The van der Waals surface area contributed by atoms with Gasteiger partial charge in [-0.15, -0.1) is 11.3 Å². The van der Waals surface area contributed by atoms with Crippen molar-refractivity contribution in [3.8, 4) is 5.75 Å². The van der Waals surface area contributed by atoms with E-state index in [0.717, 1.165) is 6.20 Å². The molecule has 0 aliphatic rings. The van der Waals surface area contributed by atoms with Gasteiger partial charge in [-0.3, -0.25) is 0 Å². The fourth-order valence-electron chi connectivity index (χ4n) is 1.65. The van der Waals surface area contributed by atoms with Gasteiger partial charge in [0.25, 0.3) is 0 Å². The van der Waals surface area contributed by atoms with Crippen LogP contribution in [0.5, 0.6) is 5.75 Å². The molecule has 2 aromatic rings. The van der Waals surface area contributed by atoms with Gasteiger partial charge in [-0.2, -0.15) is 13.2 Å². The second-order valence-corrected chi connectivity index (χ2v) is 5.29. The molecule has 20 heavy (non-hydrogen) atoms. The Morgan fingerprint density at radius 3 is 2.65 bits per heavy atom. The first-order valence-corrected chi connectivity index (χ1v) is 6.57. The fourth-order valence-corrected chi connectivity index (χ4v) is 2.70. The van der Waals surface area contributed by atoms with Crippen molar-refractivity contribution in [3.63, 3.8) is 0 Å². The highest BCUT2D eigenvalue weighted by molar-refractivity contribution is 7.11. The highest BCUT2D eigenvalue weighted by atomic mass is 35.5. The van der Waals surface area contributed by atoms with Crippen LogP contribution >= 0.6 is 22.9 Å². The van der Waals surface area contributed by atoms with Crippen LogP contribution in [0.1, 0.15) is 21.6 Å². The SMILES string of the molecule is COc1cccc(Cl)c1C(O)c1cnc(C(F)(F)F)s1. The summed E-state index contributed by atoms with van der Waals surface area (Å²) in [5, 5.41) is 9.39. The predicted molar refractivity (Wildman–Crippen MR) is 69.2 cm³/mol. The van der Waals surface area contributed by atoms with Gasteiger partial charge in [0.2, 0.25) is 0 Å². The molecule has 1 N–H and O–H groups in total. The highest BCUT2D eigenvalue weighted by Crippen LogP contribution is 2.40. The Bertz CT molecular complexity index is 615. The number of hydrogen-bond acceptors (Lipinski definition) is 4. The van der Waals surface area contributed by atoms with E-state index in [1.165, 1.54) is 13.2 Å². The Kier molecular flexibility index (Phi) is 4.22. The molecule has 0 saturated heterocycles. The molecule has 0 aliphatic carbocycles. The number of aromatic nitrogens is 1. The van der Waals surface area contributed by atoms with Crippen molar-refractivity contribution in [2.45, 2.75) is 12.3 Å². The smallest absolute Gasteiger partial charge is 0.443 e. The van der Waals surface area contributed by atoms with Gasteiger partial charge in [0.15, 0.2) is 5.01 Å². The number of halogens is 4. The van der Waals surface area contributed by atoms with Crippen LogP contribution in [-0.2, 0) is 6.18 Å². The number of aliphatic hydroxyl groups excluding tert-OH is 1. The van der Waals surface area contributed by atoms with Crippen molar-refractivity contribution < 1.29 is 23.0 Å². The standard InChI is InChI=1S/C12H9ClF3NO2S/c1-19-7-4-2-3-6(13)9(7)10(18)8-5-17-11(20-8)12(14,15)16/h2-5,10,18H,1H3. The largest absolute Gasteiger partial charge is 0.496 e. The van der Waals surface area contributed by atoms with Gasteiger partial charge in [0, 0.05) is 11.8 Å². The Balaban J connectivity index is 2.42. The normalized spacial score (nSPS) is 13.3. The van der Waals surface area contributed by atoms with Crippen molar-refractivity contribution in [1.29, 1.82) is 0 Å². The Labute approximate surface area is 121 Å². The maximum absolute atomic E-state index is 12.5. The van der Waals surface area contributed by atoms with Crippen LogP contribution in [0.4, 0.5) is 13.2 Å². The van der Waals surface area contributed by atoms with Gasteiger partial charge in [-0.05, 0) is 12.1 Å². The molecule has 1 heterocycles. The van der Waals surface area contributed by atoms with E-state index in [9.17, 15) is 18.3 Å². The minimum atomic E-state index is -4.53. The van der Waals surface area contributed by atoms with Crippen LogP contribution < -0.4 is 4.74 Å². The average Bonchev–Trinajstić information content (AvgIpc) is 2.87. The minimum Gasteiger partial charge on any atom is -0.496 e.